The lowest BCUT2D eigenvalue weighted by atomic mass is 10.3. The van der Waals surface area contributed by atoms with Crippen molar-refractivity contribution >= 4 is 34.2 Å². The monoisotopic (exact) mass is 389 g/mol. The van der Waals surface area contributed by atoms with Crippen LogP contribution in [0, 0.1) is 15.2 Å². The first-order valence-electron chi connectivity index (χ1n) is 5.68. The molecule has 0 aliphatic carbocycles. The summed E-state index contributed by atoms with van der Waals surface area (Å²) in [5, 5.41) is 2.26. The first-order valence-corrected chi connectivity index (χ1v) is 6.76. The van der Waals surface area contributed by atoms with E-state index >= 15 is 0 Å². The lowest BCUT2D eigenvalue weighted by Gasteiger charge is -2.09. The third kappa shape index (κ3) is 3.89. The van der Waals surface area contributed by atoms with Crippen LogP contribution >= 0.6 is 22.6 Å². The fraction of sp³-hybridized carbons (Fsp3) is 0.0714. The molecule has 104 valence electrons. The SMILES string of the molecule is O=C(COc1ccccc1I)Nc1cc(F)ccc1F. The minimum Gasteiger partial charge on any atom is -0.483 e. The largest absolute Gasteiger partial charge is 0.483 e. The summed E-state index contributed by atoms with van der Waals surface area (Å²) in [5.41, 5.74) is -0.207. The van der Waals surface area contributed by atoms with Gasteiger partial charge in [-0.2, -0.15) is 0 Å². The predicted octanol–water partition coefficient (Wildman–Crippen LogP) is 3.59. The number of rotatable bonds is 4. The molecule has 0 saturated carbocycles. The molecule has 0 radical (unpaired) electrons. The summed E-state index contributed by atoms with van der Waals surface area (Å²) in [7, 11) is 0. The summed E-state index contributed by atoms with van der Waals surface area (Å²) in [6.07, 6.45) is 0. The molecule has 0 aliphatic heterocycles. The van der Waals surface area contributed by atoms with Gasteiger partial charge in [0.15, 0.2) is 6.61 Å². The zero-order chi connectivity index (χ0) is 14.5. The Kier molecular flexibility index (Phi) is 4.89. The molecule has 0 spiro atoms. The number of hydrogen-bond acceptors (Lipinski definition) is 2. The molecule has 0 atom stereocenters. The second kappa shape index (κ2) is 6.65. The molecular weight excluding hydrogens is 379 g/mol. The molecule has 0 heterocycles. The average Bonchev–Trinajstić information content (AvgIpc) is 2.42. The Hall–Kier alpha value is -1.70. The van der Waals surface area contributed by atoms with Crippen LogP contribution < -0.4 is 10.1 Å². The Bertz CT molecular complexity index is 634. The highest BCUT2D eigenvalue weighted by Gasteiger charge is 2.09. The molecule has 0 aromatic heterocycles. The second-order valence-electron chi connectivity index (χ2n) is 3.89. The van der Waals surface area contributed by atoms with E-state index in [0.717, 1.165) is 21.8 Å². The van der Waals surface area contributed by atoms with E-state index in [1.54, 1.807) is 12.1 Å². The minimum atomic E-state index is -0.700. The van der Waals surface area contributed by atoms with Gasteiger partial charge in [0.1, 0.15) is 17.4 Å². The Morgan fingerprint density at radius 3 is 2.70 bits per heavy atom. The van der Waals surface area contributed by atoms with Crippen LogP contribution in [0.5, 0.6) is 5.75 Å². The molecule has 1 N–H and O–H groups in total. The van der Waals surface area contributed by atoms with Crippen molar-refractivity contribution in [3.63, 3.8) is 0 Å². The fourth-order valence-electron chi connectivity index (χ4n) is 1.48. The maximum atomic E-state index is 13.3. The molecule has 0 fully saturated rings. The van der Waals surface area contributed by atoms with Gasteiger partial charge in [0, 0.05) is 6.07 Å². The van der Waals surface area contributed by atoms with Gasteiger partial charge in [-0.3, -0.25) is 4.79 Å². The number of amides is 1. The van der Waals surface area contributed by atoms with Gasteiger partial charge in [0.25, 0.3) is 5.91 Å². The van der Waals surface area contributed by atoms with Crippen LogP contribution in [0.4, 0.5) is 14.5 Å². The van der Waals surface area contributed by atoms with E-state index in [-0.39, 0.29) is 12.3 Å². The predicted molar refractivity (Wildman–Crippen MR) is 79.6 cm³/mol. The highest BCUT2D eigenvalue weighted by Crippen LogP contribution is 2.20. The number of ether oxygens (including phenoxy) is 1. The maximum Gasteiger partial charge on any atom is 0.262 e. The summed E-state index contributed by atoms with van der Waals surface area (Å²) >= 11 is 2.07. The number of carbonyl (C=O) groups excluding carboxylic acids is 1. The van der Waals surface area contributed by atoms with Gasteiger partial charge in [-0.05, 0) is 46.9 Å². The van der Waals surface area contributed by atoms with Crippen LogP contribution in [0.2, 0.25) is 0 Å². The van der Waals surface area contributed by atoms with Crippen LogP contribution in [0.25, 0.3) is 0 Å². The van der Waals surface area contributed by atoms with Crippen LogP contribution in [0.1, 0.15) is 0 Å². The lowest BCUT2D eigenvalue weighted by molar-refractivity contribution is -0.118. The third-order valence-electron chi connectivity index (χ3n) is 2.40. The Morgan fingerprint density at radius 2 is 1.95 bits per heavy atom. The van der Waals surface area contributed by atoms with Crippen molar-refractivity contribution in [1.29, 1.82) is 0 Å². The number of hydrogen-bond donors (Lipinski definition) is 1. The quantitative estimate of drug-likeness (QED) is 0.812. The van der Waals surface area contributed by atoms with E-state index in [2.05, 4.69) is 27.9 Å². The van der Waals surface area contributed by atoms with E-state index in [9.17, 15) is 13.6 Å². The molecule has 2 rings (SSSR count). The van der Waals surface area contributed by atoms with Crippen molar-refractivity contribution in [3.05, 3.63) is 57.7 Å². The molecule has 0 unspecified atom stereocenters. The summed E-state index contributed by atoms with van der Waals surface area (Å²) < 4.78 is 32.4. The smallest absolute Gasteiger partial charge is 0.262 e. The van der Waals surface area contributed by atoms with Crippen LogP contribution in [-0.2, 0) is 4.79 Å². The number of anilines is 1. The van der Waals surface area contributed by atoms with Crippen molar-refractivity contribution in [2.75, 3.05) is 11.9 Å². The molecular formula is C14H10F2INO2. The van der Waals surface area contributed by atoms with Gasteiger partial charge in [-0.15, -0.1) is 0 Å². The standard InChI is InChI=1S/C14H10F2INO2/c15-9-5-6-10(16)12(7-9)18-14(19)8-20-13-4-2-1-3-11(13)17/h1-7H,8H2,(H,18,19). The van der Waals surface area contributed by atoms with Crippen molar-refractivity contribution < 1.29 is 18.3 Å². The Labute approximate surface area is 128 Å². The molecule has 6 heteroatoms. The van der Waals surface area contributed by atoms with Crippen molar-refractivity contribution in [3.8, 4) is 5.75 Å². The highest BCUT2D eigenvalue weighted by molar-refractivity contribution is 14.1. The second-order valence-corrected chi connectivity index (χ2v) is 5.05. The van der Waals surface area contributed by atoms with Crippen LogP contribution in [-0.4, -0.2) is 12.5 Å². The average molecular weight is 389 g/mol. The molecule has 2 aromatic carbocycles. The normalized spacial score (nSPS) is 10.2. The lowest BCUT2D eigenvalue weighted by Crippen LogP contribution is -2.21. The van der Waals surface area contributed by atoms with Crippen molar-refractivity contribution in [2.45, 2.75) is 0 Å². The van der Waals surface area contributed by atoms with Gasteiger partial charge >= 0.3 is 0 Å². The Morgan fingerprint density at radius 1 is 1.20 bits per heavy atom. The summed E-state index contributed by atoms with van der Waals surface area (Å²) in [6.45, 7) is -0.282. The van der Waals surface area contributed by atoms with E-state index in [0.29, 0.717) is 5.75 Å². The topological polar surface area (TPSA) is 38.3 Å². The van der Waals surface area contributed by atoms with Gasteiger partial charge in [-0.25, -0.2) is 8.78 Å². The number of halogens is 3. The molecule has 20 heavy (non-hydrogen) atoms. The maximum absolute atomic E-state index is 13.3. The summed E-state index contributed by atoms with van der Waals surface area (Å²) in [6, 6.07) is 10.0. The first kappa shape index (κ1) is 14.7. The first-order chi connectivity index (χ1) is 9.56. The van der Waals surface area contributed by atoms with Crippen molar-refractivity contribution in [2.24, 2.45) is 0 Å². The van der Waals surface area contributed by atoms with E-state index in [1.165, 1.54) is 0 Å². The van der Waals surface area contributed by atoms with Gasteiger partial charge in [0.05, 0.1) is 9.26 Å². The molecule has 0 bridgehead atoms. The summed E-state index contributed by atoms with van der Waals surface area (Å²) in [4.78, 5) is 11.6. The number of para-hydroxylation sites is 1. The van der Waals surface area contributed by atoms with Crippen LogP contribution in [0.3, 0.4) is 0 Å². The van der Waals surface area contributed by atoms with Gasteiger partial charge in [-0.1, -0.05) is 12.1 Å². The molecule has 0 saturated heterocycles. The van der Waals surface area contributed by atoms with E-state index < -0.39 is 17.5 Å². The third-order valence-corrected chi connectivity index (χ3v) is 3.29. The van der Waals surface area contributed by atoms with E-state index in [4.69, 9.17) is 4.74 Å². The summed E-state index contributed by atoms with van der Waals surface area (Å²) in [5.74, 6) is -1.33. The van der Waals surface area contributed by atoms with E-state index in [1.807, 2.05) is 12.1 Å². The highest BCUT2D eigenvalue weighted by atomic mass is 127. The molecule has 1 amide bonds. The van der Waals surface area contributed by atoms with Gasteiger partial charge in [0.2, 0.25) is 0 Å². The fourth-order valence-corrected chi connectivity index (χ4v) is 2.03. The van der Waals surface area contributed by atoms with Crippen LogP contribution in [0.15, 0.2) is 42.5 Å². The minimum absolute atomic E-state index is 0.207. The number of carbonyl (C=O) groups is 1. The Balaban J connectivity index is 1.96. The zero-order valence-electron chi connectivity index (χ0n) is 10.2. The molecule has 2 aromatic rings. The molecule has 0 aliphatic rings. The number of nitrogens with one attached hydrogen (secondary N) is 1. The van der Waals surface area contributed by atoms with Crippen molar-refractivity contribution in [1.82, 2.24) is 0 Å². The zero-order valence-corrected chi connectivity index (χ0v) is 12.4. The number of benzene rings is 2. The molecule has 3 nitrogen and oxygen atoms in total. The van der Waals surface area contributed by atoms with Gasteiger partial charge < -0.3 is 10.1 Å².